The molecule has 4 rings (SSSR count). The minimum Gasteiger partial charge on any atom is -0.394 e. The highest BCUT2D eigenvalue weighted by Crippen LogP contribution is 2.31. The van der Waals surface area contributed by atoms with Gasteiger partial charge in [-0.15, -0.1) is 0 Å². The van der Waals surface area contributed by atoms with Gasteiger partial charge in [-0.05, 0) is 35.7 Å². The van der Waals surface area contributed by atoms with E-state index in [1.165, 1.54) is 0 Å². The number of alkyl halides is 3. The van der Waals surface area contributed by atoms with E-state index in [0.717, 1.165) is 22.8 Å². The van der Waals surface area contributed by atoms with Crippen LogP contribution in [0.2, 0.25) is 0 Å². The molecule has 0 saturated heterocycles. The molecule has 0 bridgehead atoms. The number of rotatable bonds is 9. The quantitative estimate of drug-likeness (QED) is 0.130. The molecule has 1 amide bonds. The number of aliphatic hydroxyl groups excluding tert-OH is 1. The first kappa shape index (κ1) is 29.0. The summed E-state index contributed by atoms with van der Waals surface area (Å²) in [6, 6.07) is 15.8. The first-order valence-electron chi connectivity index (χ1n) is 12.4. The number of hydrogen-bond donors (Lipinski definition) is 6. The number of nitrogens with two attached hydrogens (primary N) is 2. The zero-order chi connectivity index (χ0) is 29.7. The fourth-order valence-electron chi connectivity index (χ4n) is 4.05. The molecular weight excluding hydrogens is 535 g/mol. The maximum atomic E-state index is 13.5. The summed E-state index contributed by atoms with van der Waals surface area (Å²) in [4.78, 5) is 21.1. The molecular formula is C29H28F3N7O2. The summed E-state index contributed by atoms with van der Waals surface area (Å²) in [5.74, 6) is -0.923. The van der Waals surface area contributed by atoms with E-state index in [4.69, 9.17) is 16.9 Å². The number of halogens is 3. The van der Waals surface area contributed by atoms with Crippen LogP contribution < -0.4 is 22.1 Å². The van der Waals surface area contributed by atoms with Gasteiger partial charge in [0.25, 0.3) is 5.91 Å². The molecule has 2 aromatic heterocycles. The lowest BCUT2D eigenvalue weighted by Crippen LogP contribution is -2.31. The van der Waals surface area contributed by atoms with Crippen molar-refractivity contribution in [2.75, 3.05) is 17.7 Å². The van der Waals surface area contributed by atoms with Crippen LogP contribution in [0, 0.1) is 12.3 Å². The number of anilines is 2. The average Bonchev–Trinajstić information content (AvgIpc) is 2.95. The number of carbonyl (C=O) groups excluding carboxylic acids is 1. The summed E-state index contributed by atoms with van der Waals surface area (Å²) in [5, 5.41) is 23.0. The lowest BCUT2D eigenvalue weighted by molar-refractivity contribution is -0.137. The number of nitrogens with one attached hydrogen (secondary N) is 3. The fourth-order valence-corrected chi connectivity index (χ4v) is 4.05. The Kier molecular flexibility index (Phi) is 8.53. The van der Waals surface area contributed by atoms with Crippen molar-refractivity contribution < 1.29 is 23.1 Å². The van der Waals surface area contributed by atoms with E-state index in [9.17, 15) is 23.1 Å². The molecule has 8 N–H and O–H groups in total. The first-order valence-corrected chi connectivity index (χ1v) is 12.4. The van der Waals surface area contributed by atoms with E-state index in [0.29, 0.717) is 22.9 Å². The van der Waals surface area contributed by atoms with Crippen molar-refractivity contribution in [1.82, 2.24) is 15.3 Å². The number of benzene rings is 2. The van der Waals surface area contributed by atoms with E-state index in [-0.39, 0.29) is 29.6 Å². The molecule has 2 heterocycles. The van der Waals surface area contributed by atoms with Crippen molar-refractivity contribution >= 4 is 23.4 Å². The van der Waals surface area contributed by atoms with Crippen molar-refractivity contribution in [3.63, 3.8) is 0 Å². The Morgan fingerprint density at radius 1 is 1.00 bits per heavy atom. The maximum Gasteiger partial charge on any atom is 0.417 e. The second-order valence-corrected chi connectivity index (χ2v) is 9.36. The molecule has 212 valence electrons. The van der Waals surface area contributed by atoms with Crippen LogP contribution in [0.1, 0.15) is 44.2 Å². The molecule has 0 aliphatic rings. The van der Waals surface area contributed by atoms with Crippen LogP contribution in [-0.4, -0.2) is 33.4 Å². The number of amidine groups is 1. The van der Waals surface area contributed by atoms with Crippen LogP contribution in [0.15, 0.2) is 73.1 Å². The topological polar surface area (TPSA) is 163 Å². The number of amides is 1. The Labute approximate surface area is 234 Å². The smallest absolute Gasteiger partial charge is 0.394 e. The average molecular weight is 564 g/mol. The van der Waals surface area contributed by atoms with Gasteiger partial charge in [-0.3, -0.25) is 10.2 Å². The Hall–Kier alpha value is -4.97. The number of pyridine rings is 2. The zero-order valence-electron chi connectivity index (χ0n) is 22.0. The summed E-state index contributed by atoms with van der Waals surface area (Å²) in [6.07, 6.45) is -2.49. The summed E-state index contributed by atoms with van der Waals surface area (Å²) < 4.78 is 40.4. The van der Waals surface area contributed by atoms with E-state index in [2.05, 4.69) is 20.6 Å². The third kappa shape index (κ3) is 6.97. The van der Waals surface area contributed by atoms with Crippen LogP contribution in [-0.2, 0) is 12.7 Å². The molecule has 1 atom stereocenters. The van der Waals surface area contributed by atoms with Gasteiger partial charge in [-0.25, -0.2) is 9.97 Å². The molecule has 41 heavy (non-hydrogen) atoms. The molecule has 0 aliphatic carbocycles. The second kappa shape index (κ2) is 12.0. The predicted octanol–water partition coefficient (Wildman–Crippen LogP) is 4.41. The van der Waals surface area contributed by atoms with Crippen LogP contribution in [0.25, 0.3) is 11.1 Å². The van der Waals surface area contributed by atoms with E-state index >= 15 is 0 Å². The van der Waals surface area contributed by atoms with Gasteiger partial charge in [0.05, 0.1) is 29.3 Å². The molecule has 9 nitrogen and oxygen atoms in total. The normalized spacial score (nSPS) is 12.0. The standard InChI is InChI=1S/C29H28F3N7O2/c1-16-2-6-19(7-3-16)24(15-40)39-28(41)23-11-21(29(30,31)32)14-38-27(23)37-12-17-4-8-18(9-5-17)20-10-22(25(33)34)26(35)36-13-20/h2-11,13-14,24,40H,12,15H2,1H3,(H3,33,34)(H2,35,36)(H,37,38)(H,39,41)/t24-/m0/s1. The number of aromatic nitrogens is 2. The Morgan fingerprint density at radius 2 is 1.68 bits per heavy atom. The van der Waals surface area contributed by atoms with Crippen molar-refractivity contribution in [3.05, 3.63) is 106 Å². The monoisotopic (exact) mass is 563 g/mol. The molecule has 0 fully saturated rings. The molecule has 0 radical (unpaired) electrons. The van der Waals surface area contributed by atoms with Gasteiger partial charge < -0.3 is 27.2 Å². The van der Waals surface area contributed by atoms with Gasteiger partial charge in [0.2, 0.25) is 0 Å². The van der Waals surface area contributed by atoms with Crippen molar-refractivity contribution in [3.8, 4) is 11.1 Å². The van der Waals surface area contributed by atoms with Crippen LogP contribution >= 0.6 is 0 Å². The van der Waals surface area contributed by atoms with Gasteiger partial charge >= 0.3 is 6.18 Å². The molecule has 12 heteroatoms. The predicted molar refractivity (Wildman–Crippen MR) is 150 cm³/mol. The largest absolute Gasteiger partial charge is 0.417 e. The van der Waals surface area contributed by atoms with Gasteiger partial charge in [-0.1, -0.05) is 54.1 Å². The molecule has 0 aliphatic heterocycles. The second-order valence-electron chi connectivity index (χ2n) is 9.36. The highest BCUT2D eigenvalue weighted by Gasteiger charge is 2.33. The van der Waals surface area contributed by atoms with Crippen LogP contribution in [0.5, 0.6) is 0 Å². The Balaban J connectivity index is 1.55. The highest BCUT2D eigenvalue weighted by molar-refractivity contribution is 6.00. The van der Waals surface area contributed by atoms with E-state index < -0.39 is 30.3 Å². The molecule has 0 unspecified atom stereocenters. The molecule has 2 aromatic carbocycles. The molecule has 4 aromatic rings. The van der Waals surface area contributed by atoms with Crippen LogP contribution in [0.3, 0.4) is 0 Å². The summed E-state index contributed by atoms with van der Waals surface area (Å²) in [6.45, 7) is 1.59. The minimum atomic E-state index is -4.71. The lowest BCUT2D eigenvalue weighted by atomic mass is 10.0. The van der Waals surface area contributed by atoms with Gasteiger partial charge in [0, 0.05) is 24.5 Å². The van der Waals surface area contributed by atoms with Gasteiger partial charge in [0.1, 0.15) is 17.5 Å². The molecule has 0 saturated carbocycles. The SMILES string of the molecule is Cc1ccc([C@H](CO)NC(=O)c2cc(C(F)(F)F)cnc2NCc2ccc(-c3cnc(N)c(C(=N)N)c3)cc2)cc1. The van der Waals surface area contributed by atoms with Gasteiger partial charge in [-0.2, -0.15) is 13.2 Å². The third-order valence-electron chi connectivity index (χ3n) is 6.38. The van der Waals surface area contributed by atoms with Crippen molar-refractivity contribution in [1.29, 1.82) is 5.41 Å². The van der Waals surface area contributed by atoms with Crippen LogP contribution in [0.4, 0.5) is 24.8 Å². The summed E-state index contributed by atoms with van der Waals surface area (Å²) in [7, 11) is 0. The Morgan fingerprint density at radius 3 is 2.29 bits per heavy atom. The van der Waals surface area contributed by atoms with Crippen molar-refractivity contribution in [2.45, 2.75) is 25.7 Å². The third-order valence-corrected chi connectivity index (χ3v) is 6.38. The first-order chi connectivity index (χ1) is 19.5. The number of carbonyl (C=O) groups is 1. The molecule has 0 spiro atoms. The summed E-state index contributed by atoms with van der Waals surface area (Å²) in [5.41, 5.74) is 14.1. The maximum absolute atomic E-state index is 13.5. The number of aliphatic hydroxyl groups is 1. The van der Waals surface area contributed by atoms with E-state index in [1.807, 2.05) is 6.92 Å². The fraction of sp³-hybridized carbons (Fsp3) is 0.172. The number of aryl methyl sites for hydroxylation is 1. The minimum absolute atomic E-state index is 0.0472. The number of nitrogen functional groups attached to an aromatic ring is 2. The highest BCUT2D eigenvalue weighted by atomic mass is 19.4. The number of nitrogens with zero attached hydrogens (tertiary/aromatic N) is 2. The van der Waals surface area contributed by atoms with Crippen molar-refractivity contribution in [2.24, 2.45) is 5.73 Å². The Bertz CT molecular complexity index is 1560. The summed E-state index contributed by atoms with van der Waals surface area (Å²) >= 11 is 0. The van der Waals surface area contributed by atoms with E-state index in [1.54, 1.807) is 60.8 Å². The van der Waals surface area contributed by atoms with Gasteiger partial charge in [0.15, 0.2) is 0 Å². The number of hydrogen-bond acceptors (Lipinski definition) is 7. The zero-order valence-corrected chi connectivity index (χ0v) is 22.0. The lowest BCUT2D eigenvalue weighted by Gasteiger charge is -2.19.